The molecule has 5 heteroatoms. The van der Waals surface area contributed by atoms with E-state index in [0.717, 1.165) is 37.7 Å². The van der Waals surface area contributed by atoms with Crippen LogP contribution in [0.5, 0.6) is 5.75 Å². The quantitative estimate of drug-likeness (QED) is 0.377. The van der Waals surface area contributed by atoms with Gasteiger partial charge in [0.25, 0.3) is 0 Å². The molecule has 0 atom stereocenters. The minimum atomic E-state index is -3.59. The molecule has 4 nitrogen and oxygen atoms in total. The summed E-state index contributed by atoms with van der Waals surface area (Å²) in [5.74, 6) is -0.0701. The van der Waals surface area contributed by atoms with Crippen molar-refractivity contribution in [1.82, 2.24) is 0 Å². The first-order chi connectivity index (χ1) is 13.8. The van der Waals surface area contributed by atoms with Crippen LogP contribution in [0.3, 0.4) is 0 Å². The van der Waals surface area contributed by atoms with Crippen LogP contribution >= 0.6 is 0 Å². The summed E-state index contributed by atoms with van der Waals surface area (Å²) in [5, 5.41) is 10.4. The van der Waals surface area contributed by atoms with E-state index in [4.69, 9.17) is 4.74 Å². The van der Waals surface area contributed by atoms with Gasteiger partial charge in [-0.15, -0.1) is 0 Å². The maximum atomic E-state index is 13.1. The highest BCUT2D eigenvalue weighted by atomic mass is 32.2. The smallest absolute Gasteiger partial charge is 0.189 e. The third kappa shape index (κ3) is 6.45. The Morgan fingerprint density at radius 3 is 2.41 bits per heavy atom. The van der Waals surface area contributed by atoms with Crippen molar-refractivity contribution >= 4 is 9.84 Å². The van der Waals surface area contributed by atoms with Gasteiger partial charge in [0, 0.05) is 0 Å². The minimum absolute atomic E-state index is 0.0701. The number of phenolic OH excluding ortho intramolecular Hbond substituents is 1. The molecule has 1 fully saturated rings. The fourth-order valence-electron chi connectivity index (χ4n) is 3.43. The van der Waals surface area contributed by atoms with E-state index in [0.29, 0.717) is 18.4 Å². The third-order valence-electron chi connectivity index (χ3n) is 5.44. The van der Waals surface area contributed by atoms with E-state index in [-0.39, 0.29) is 23.9 Å². The number of ether oxygens (including phenoxy) is 1. The summed E-state index contributed by atoms with van der Waals surface area (Å²) in [6, 6.07) is 3.77. The van der Waals surface area contributed by atoms with Crippen molar-refractivity contribution in [3.8, 4) is 5.75 Å². The minimum Gasteiger partial charge on any atom is -0.506 e. The summed E-state index contributed by atoms with van der Waals surface area (Å²) in [6.45, 7) is 8.81. The van der Waals surface area contributed by atoms with Gasteiger partial charge in [0.05, 0.1) is 13.2 Å². The van der Waals surface area contributed by atoms with Gasteiger partial charge in [-0.2, -0.15) is 0 Å². The Balaban J connectivity index is 2.28. The van der Waals surface area contributed by atoms with Crippen molar-refractivity contribution in [2.24, 2.45) is 0 Å². The summed E-state index contributed by atoms with van der Waals surface area (Å²) in [6.07, 6.45) is 10.5. The highest BCUT2D eigenvalue weighted by Crippen LogP contribution is 2.36. The molecule has 0 spiro atoms. The van der Waals surface area contributed by atoms with Gasteiger partial charge in [0.1, 0.15) is 15.9 Å². The second kappa shape index (κ2) is 11.0. The van der Waals surface area contributed by atoms with E-state index in [2.05, 4.69) is 39.8 Å². The zero-order valence-electron chi connectivity index (χ0n) is 18.3. The molecule has 0 unspecified atom stereocenters. The molecule has 0 aliphatic carbocycles. The first kappa shape index (κ1) is 23.7. The molecule has 0 saturated carbocycles. The number of hydrogen-bond acceptors (Lipinski definition) is 4. The Bertz CT molecular complexity index is 842. The van der Waals surface area contributed by atoms with Gasteiger partial charge in [-0.05, 0) is 64.0 Å². The molecule has 1 aliphatic rings. The second-order valence-electron chi connectivity index (χ2n) is 8.30. The lowest BCUT2D eigenvalue weighted by atomic mass is 10.0. The second-order valence-corrected chi connectivity index (χ2v) is 10.5. The van der Waals surface area contributed by atoms with Crippen molar-refractivity contribution in [3.05, 3.63) is 46.6 Å². The summed E-state index contributed by atoms with van der Waals surface area (Å²) < 4.78 is 31.4. The fourth-order valence-corrected chi connectivity index (χ4v) is 5.25. The van der Waals surface area contributed by atoms with E-state index >= 15 is 0 Å². The van der Waals surface area contributed by atoms with Crippen LogP contribution < -0.4 is 0 Å². The largest absolute Gasteiger partial charge is 0.506 e. The Hall–Kier alpha value is -1.59. The van der Waals surface area contributed by atoms with E-state index in [1.807, 2.05) is 12.1 Å². The van der Waals surface area contributed by atoms with E-state index in [1.165, 1.54) is 11.1 Å². The van der Waals surface area contributed by atoms with Gasteiger partial charge in [0.15, 0.2) is 9.84 Å². The zero-order valence-corrected chi connectivity index (χ0v) is 19.1. The van der Waals surface area contributed by atoms with Gasteiger partial charge in [-0.3, -0.25) is 0 Å². The lowest BCUT2D eigenvalue weighted by molar-refractivity contribution is 0.0415. The van der Waals surface area contributed by atoms with Crippen LogP contribution in [0.2, 0.25) is 0 Å². The normalized spacial score (nSPS) is 15.2. The Morgan fingerprint density at radius 2 is 1.83 bits per heavy atom. The lowest BCUT2D eigenvalue weighted by Crippen LogP contribution is -2.41. The van der Waals surface area contributed by atoms with Gasteiger partial charge in [-0.25, -0.2) is 8.42 Å². The summed E-state index contributed by atoms with van der Waals surface area (Å²) in [7, 11) is -3.59. The summed E-state index contributed by atoms with van der Waals surface area (Å²) >= 11 is 0. The Kier molecular flexibility index (Phi) is 8.97. The predicted molar refractivity (Wildman–Crippen MR) is 119 cm³/mol. The van der Waals surface area contributed by atoms with Crippen LogP contribution in [-0.4, -0.2) is 32.0 Å². The molecular weight excluding hydrogens is 384 g/mol. The van der Waals surface area contributed by atoms with Gasteiger partial charge in [0.2, 0.25) is 0 Å². The van der Waals surface area contributed by atoms with Crippen LogP contribution in [0.4, 0.5) is 0 Å². The molecular formula is C24H36O4S. The van der Waals surface area contributed by atoms with E-state index in [9.17, 15) is 13.5 Å². The van der Waals surface area contributed by atoms with Gasteiger partial charge >= 0.3 is 0 Å². The van der Waals surface area contributed by atoms with Crippen LogP contribution in [-0.2, 0) is 27.4 Å². The Morgan fingerprint density at radius 1 is 1.14 bits per heavy atom. The number of aromatic hydroxyl groups is 1. The molecule has 1 aromatic carbocycles. The number of hydrogen-bond donors (Lipinski definition) is 1. The molecule has 29 heavy (non-hydrogen) atoms. The van der Waals surface area contributed by atoms with Crippen LogP contribution in [0.15, 0.2) is 40.3 Å². The van der Waals surface area contributed by atoms with Crippen molar-refractivity contribution in [3.63, 3.8) is 0 Å². The highest BCUT2D eigenvalue weighted by molar-refractivity contribution is 7.92. The number of phenols is 1. The molecule has 2 rings (SSSR count). The zero-order chi connectivity index (χ0) is 21.4. The maximum Gasteiger partial charge on any atom is 0.189 e. The average molecular weight is 421 g/mol. The number of rotatable bonds is 11. The number of aryl methyl sites for hydroxylation is 1. The number of allylic oxidation sites excluding steroid dienone is 4. The molecule has 1 aliphatic heterocycles. The molecule has 1 saturated heterocycles. The molecule has 1 heterocycles. The van der Waals surface area contributed by atoms with Crippen molar-refractivity contribution in [1.29, 1.82) is 0 Å². The van der Waals surface area contributed by atoms with E-state index in [1.54, 1.807) is 0 Å². The topological polar surface area (TPSA) is 63.6 Å². The Labute approximate surface area is 176 Å². The third-order valence-corrected chi connectivity index (χ3v) is 7.61. The fraction of sp³-hybridized carbons (Fsp3) is 0.583. The van der Waals surface area contributed by atoms with Crippen LogP contribution in [0, 0.1) is 0 Å². The molecule has 1 N–H and O–H groups in total. The average Bonchev–Trinajstić information content (AvgIpc) is 2.58. The van der Waals surface area contributed by atoms with E-state index < -0.39 is 15.1 Å². The SMILES string of the molecule is CCCCCc1ccc(C/C=C(\C)CCC=C(C)C)c(O)c1S(=O)(=O)C1COC1. The monoisotopic (exact) mass is 420 g/mol. The number of sulfone groups is 1. The van der Waals surface area contributed by atoms with Crippen molar-refractivity contribution < 1.29 is 18.3 Å². The maximum absolute atomic E-state index is 13.1. The number of unbranched alkanes of at least 4 members (excludes halogenated alkanes) is 2. The molecule has 0 bridgehead atoms. The van der Waals surface area contributed by atoms with Gasteiger partial charge < -0.3 is 9.84 Å². The number of benzene rings is 1. The highest BCUT2D eigenvalue weighted by Gasteiger charge is 2.37. The first-order valence-corrected chi connectivity index (χ1v) is 12.3. The first-order valence-electron chi connectivity index (χ1n) is 10.7. The standard InChI is InChI=1S/C24H36O4S/c1-5-6-7-11-21-15-14-20(13-12-19(4)10-8-9-18(2)3)23(25)24(21)29(26,27)22-16-28-17-22/h9,12,14-15,22,25H,5-8,10-11,13,16-17H2,1-4H3/b19-12+. The lowest BCUT2D eigenvalue weighted by Gasteiger charge is -2.27. The molecule has 0 amide bonds. The summed E-state index contributed by atoms with van der Waals surface area (Å²) in [4.78, 5) is 0.134. The summed E-state index contributed by atoms with van der Waals surface area (Å²) in [5.41, 5.74) is 3.95. The van der Waals surface area contributed by atoms with Gasteiger partial charge in [-0.1, -0.05) is 55.2 Å². The van der Waals surface area contributed by atoms with Crippen molar-refractivity contribution in [2.75, 3.05) is 13.2 Å². The molecule has 0 aromatic heterocycles. The molecule has 0 radical (unpaired) electrons. The molecule has 162 valence electrons. The predicted octanol–water partition coefficient (Wildman–Crippen LogP) is 5.53. The van der Waals surface area contributed by atoms with Crippen molar-refractivity contribution in [2.45, 2.75) is 82.8 Å². The van der Waals surface area contributed by atoms with Crippen LogP contribution in [0.1, 0.15) is 70.9 Å². The van der Waals surface area contributed by atoms with Crippen LogP contribution in [0.25, 0.3) is 0 Å². The molecule has 1 aromatic rings.